The minimum Gasteiger partial charge on any atom is -0.461 e. The van der Waals surface area contributed by atoms with E-state index < -0.39 is 11.6 Å². The number of aromatic nitrogens is 2. The second kappa shape index (κ2) is 7.47. The third-order valence-electron chi connectivity index (χ3n) is 4.41. The van der Waals surface area contributed by atoms with Gasteiger partial charge in [0.15, 0.2) is 5.69 Å². The molecule has 0 aromatic carbocycles. The smallest absolute Gasteiger partial charge is 0.357 e. The molecule has 1 aromatic rings. The van der Waals surface area contributed by atoms with Gasteiger partial charge in [-0.15, -0.1) is 0 Å². The Morgan fingerprint density at radius 3 is 2.61 bits per heavy atom. The highest BCUT2D eigenvalue weighted by Crippen LogP contribution is 2.27. The van der Waals surface area contributed by atoms with Crippen LogP contribution < -0.4 is 0 Å². The lowest BCUT2D eigenvalue weighted by molar-refractivity contribution is 0.0369. The van der Waals surface area contributed by atoms with Crippen molar-refractivity contribution in [1.82, 2.24) is 9.55 Å². The predicted molar refractivity (Wildman–Crippen MR) is 88.0 cm³/mol. The number of nitrogens with zero attached hydrogens (tertiary/aromatic N) is 2. The average molecular weight is 320 g/mol. The molecule has 1 fully saturated rings. The van der Waals surface area contributed by atoms with Crippen molar-refractivity contribution >= 4 is 5.97 Å². The lowest BCUT2D eigenvalue weighted by atomic mass is 9.90. The molecule has 1 heterocycles. The van der Waals surface area contributed by atoms with E-state index in [0.29, 0.717) is 24.8 Å². The Morgan fingerprint density at radius 2 is 2.04 bits per heavy atom. The van der Waals surface area contributed by atoms with Crippen LogP contribution in [0.2, 0.25) is 0 Å². The first-order valence-electron chi connectivity index (χ1n) is 8.61. The standard InChI is InChI=1S/C18H28N2O3/c1-5-9-14-19-16(18(2,3)22)15(20(14)4)17(21)23-12-13-10-7-6-8-11-13/h4,13,22H,5-12H2,1-3H3. The van der Waals surface area contributed by atoms with E-state index in [1.165, 1.54) is 23.8 Å². The number of carbonyl (C=O) groups excluding carboxylic acids is 1. The number of hydrogen-bond acceptors (Lipinski definition) is 4. The molecular weight excluding hydrogens is 292 g/mol. The molecule has 0 amide bonds. The fourth-order valence-corrected chi connectivity index (χ4v) is 3.12. The van der Waals surface area contributed by atoms with Crippen molar-refractivity contribution in [2.24, 2.45) is 5.92 Å². The molecule has 1 aromatic heterocycles. The summed E-state index contributed by atoms with van der Waals surface area (Å²) in [7, 11) is 6.04. The first-order valence-corrected chi connectivity index (χ1v) is 8.61. The highest BCUT2D eigenvalue weighted by molar-refractivity contribution is 5.89. The molecule has 2 rings (SSSR count). The van der Waals surface area contributed by atoms with Gasteiger partial charge in [0.05, 0.1) is 13.7 Å². The van der Waals surface area contributed by atoms with E-state index in [9.17, 15) is 9.90 Å². The van der Waals surface area contributed by atoms with E-state index in [1.54, 1.807) is 13.8 Å². The third kappa shape index (κ3) is 4.34. The summed E-state index contributed by atoms with van der Waals surface area (Å²) in [6.07, 6.45) is 7.39. The number of hydrogen-bond donors (Lipinski definition) is 1. The minimum absolute atomic E-state index is 0.164. The van der Waals surface area contributed by atoms with Gasteiger partial charge in [0.25, 0.3) is 0 Å². The van der Waals surface area contributed by atoms with Gasteiger partial charge in [0.2, 0.25) is 0 Å². The zero-order chi connectivity index (χ0) is 17.0. The topological polar surface area (TPSA) is 64.3 Å². The normalized spacial score (nSPS) is 16.6. The van der Waals surface area contributed by atoms with Crippen LogP contribution in [-0.4, -0.2) is 27.2 Å². The zero-order valence-corrected chi connectivity index (χ0v) is 14.5. The fourth-order valence-electron chi connectivity index (χ4n) is 3.12. The van der Waals surface area contributed by atoms with E-state index in [4.69, 9.17) is 11.8 Å². The lowest BCUT2D eigenvalue weighted by Gasteiger charge is -2.22. The zero-order valence-electron chi connectivity index (χ0n) is 14.5. The highest BCUT2D eigenvalue weighted by atomic mass is 16.5. The summed E-state index contributed by atoms with van der Waals surface area (Å²) >= 11 is 0. The van der Waals surface area contributed by atoms with Crippen molar-refractivity contribution in [3.05, 3.63) is 24.3 Å². The van der Waals surface area contributed by atoms with Crippen LogP contribution in [0.3, 0.4) is 0 Å². The second-order valence-corrected chi connectivity index (χ2v) is 7.01. The molecule has 0 aliphatic heterocycles. The van der Waals surface area contributed by atoms with Gasteiger partial charge in [-0.3, -0.25) is 0 Å². The van der Waals surface area contributed by atoms with Gasteiger partial charge in [0, 0.05) is 6.42 Å². The molecular formula is C18H28N2O3. The van der Waals surface area contributed by atoms with Crippen LogP contribution >= 0.6 is 0 Å². The van der Waals surface area contributed by atoms with Gasteiger partial charge < -0.3 is 14.4 Å². The van der Waals surface area contributed by atoms with E-state index >= 15 is 0 Å². The maximum atomic E-state index is 12.5. The number of ether oxygens (including phenoxy) is 1. The fraction of sp³-hybridized carbons (Fsp3) is 0.722. The molecule has 0 spiro atoms. The van der Waals surface area contributed by atoms with Crippen molar-refractivity contribution in [3.8, 4) is 0 Å². The van der Waals surface area contributed by atoms with Crippen molar-refractivity contribution in [2.75, 3.05) is 6.61 Å². The van der Waals surface area contributed by atoms with E-state index in [2.05, 4.69) is 4.98 Å². The van der Waals surface area contributed by atoms with Gasteiger partial charge >= 0.3 is 5.97 Å². The lowest BCUT2D eigenvalue weighted by Crippen LogP contribution is -2.24. The van der Waals surface area contributed by atoms with Gasteiger partial charge in [0.1, 0.15) is 17.1 Å². The molecule has 0 bridgehead atoms. The number of rotatable bonds is 6. The number of esters is 1. The van der Waals surface area contributed by atoms with E-state index in [1.807, 2.05) is 6.92 Å². The summed E-state index contributed by atoms with van der Waals surface area (Å²) in [4.78, 5) is 16.9. The quantitative estimate of drug-likeness (QED) is 0.817. The highest BCUT2D eigenvalue weighted by Gasteiger charge is 2.31. The Labute approximate surface area is 139 Å². The summed E-state index contributed by atoms with van der Waals surface area (Å²) in [5.41, 5.74) is -0.791. The molecule has 5 nitrogen and oxygen atoms in total. The molecule has 0 saturated heterocycles. The Hall–Kier alpha value is -1.36. The molecule has 1 aliphatic carbocycles. The SMILES string of the molecule is [CH]n1c(CCC)nc(C(C)(C)O)c1C(=O)OCC1CCCCC1. The molecule has 2 radical (unpaired) electrons. The van der Waals surface area contributed by atoms with Crippen molar-refractivity contribution in [3.63, 3.8) is 0 Å². The van der Waals surface area contributed by atoms with Crippen LogP contribution in [0.1, 0.15) is 81.3 Å². The molecule has 1 aliphatic rings. The molecule has 1 saturated carbocycles. The monoisotopic (exact) mass is 320 g/mol. The predicted octanol–water partition coefficient (Wildman–Crippen LogP) is 3.32. The Bertz CT molecular complexity index is 537. The molecule has 0 atom stereocenters. The first kappa shape index (κ1) is 18.0. The van der Waals surface area contributed by atoms with Gasteiger partial charge in [-0.1, -0.05) is 26.2 Å². The third-order valence-corrected chi connectivity index (χ3v) is 4.41. The Balaban J connectivity index is 2.17. The van der Waals surface area contributed by atoms with Crippen LogP contribution in [0.4, 0.5) is 0 Å². The van der Waals surface area contributed by atoms with Gasteiger partial charge in [-0.25, -0.2) is 9.78 Å². The van der Waals surface area contributed by atoms with Crippen molar-refractivity contribution in [1.29, 1.82) is 0 Å². The molecule has 1 N–H and O–H groups in total. The molecule has 128 valence electrons. The number of aliphatic hydroxyl groups is 1. The minimum atomic E-state index is -1.24. The molecule has 0 unspecified atom stereocenters. The van der Waals surface area contributed by atoms with Crippen LogP contribution in [0, 0.1) is 13.0 Å². The Morgan fingerprint density at radius 1 is 1.39 bits per heavy atom. The van der Waals surface area contributed by atoms with Crippen LogP contribution in [0.25, 0.3) is 0 Å². The number of carbonyl (C=O) groups is 1. The molecule has 23 heavy (non-hydrogen) atoms. The summed E-state index contributed by atoms with van der Waals surface area (Å²) in [5.74, 6) is 0.529. The Kier molecular flexibility index (Phi) is 5.84. The average Bonchev–Trinajstić information content (AvgIpc) is 2.84. The van der Waals surface area contributed by atoms with Crippen molar-refractivity contribution < 1.29 is 14.6 Å². The summed E-state index contributed by atoms with van der Waals surface area (Å²) in [6, 6.07) is 0. The van der Waals surface area contributed by atoms with Crippen LogP contribution in [0.5, 0.6) is 0 Å². The first-order chi connectivity index (χ1) is 10.8. The van der Waals surface area contributed by atoms with Gasteiger partial charge in [-0.05, 0) is 39.0 Å². The van der Waals surface area contributed by atoms with Crippen molar-refractivity contribution in [2.45, 2.75) is 71.3 Å². The number of aryl methyl sites for hydroxylation is 1. The summed E-state index contributed by atoms with van der Waals surface area (Å²) in [5, 5.41) is 10.3. The number of imidazole rings is 1. The molecule has 5 heteroatoms. The van der Waals surface area contributed by atoms with E-state index in [0.717, 1.165) is 19.3 Å². The second-order valence-electron chi connectivity index (χ2n) is 7.01. The summed E-state index contributed by atoms with van der Waals surface area (Å²) < 4.78 is 6.76. The summed E-state index contributed by atoms with van der Waals surface area (Å²) in [6.45, 7) is 5.63. The van der Waals surface area contributed by atoms with Crippen LogP contribution in [-0.2, 0) is 16.8 Å². The van der Waals surface area contributed by atoms with Crippen LogP contribution in [0.15, 0.2) is 0 Å². The van der Waals surface area contributed by atoms with E-state index in [-0.39, 0.29) is 11.4 Å². The largest absolute Gasteiger partial charge is 0.461 e. The maximum Gasteiger partial charge on any atom is 0.357 e. The van der Waals surface area contributed by atoms with Gasteiger partial charge in [-0.2, -0.15) is 0 Å². The maximum absolute atomic E-state index is 12.5.